The van der Waals surface area contributed by atoms with Crippen LogP contribution in [-0.4, -0.2) is 33.1 Å². The Balaban J connectivity index is 2.42. The van der Waals surface area contributed by atoms with Gasteiger partial charge in [0.05, 0.1) is 5.75 Å². The molecule has 0 radical (unpaired) electrons. The zero-order valence-electron chi connectivity index (χ0n) is 10.2. The molecule has 0 saturated carbocycles. The molecule has 19 heavy (non-hydrogen) atoms. The minimum absolute atomic E-state index is 0.0475. The zero-order chi connectivity index (χ0) is 14.3. The van der Waals surface area contributed by atoms with E-state index in [-0.39, 0.29) is 18.2 Å². The molecule has 104 valence electrons. The predicted octanol–water partition coefficient (Wildman–Crippen LogP) is 0.955. The number of amides is 2. The average Bonchev–Trinajstić information content (AvgIpc) is 2.30. The summed E-state index contributed by atoms with van der Waals surface area (Å²) in [6, 6.07) is 6.23. The van der Waals surface area contributed by atoms with E-state index in [2.05, 4.69) is 10.6 Å². The van der Waals surface area contributed by atoms with E-state index < -0.39 is 17.2 Å². The Morgan fingerprint density at radius 3 is 2.47 bits per heavy atom. The number of rotatable bonds is 5. The highest BCUT2D eigenvalue weighted by atomic mass is 32.2. The Morgan fingerprint density at radius 2 is 1.95 bits per heavy atom. The van der Waals surface area contributed by atoms with E-state index in [0.717, 1.165) is 0 Å². The molecule has 8 heteroatoms. The van der Waals surface area contributed by atoms with Gasteiger partial charge in [-0.1, -0.05) is 0 Å². The largest absolute Gasteiger partial charge is 0.412 e. The molecule has 0 fully saturated rings. The number of hydrogen-bond acceptors (Lipinski definition) is 4. The number of carbonyl (C=O) groups excluding carboxylic acids is 2. The van der Waals surface area contributed by atoms with Gasteiger partial charge in [-0.2, -0.15) is 0 Å². The first-order valence-electron chi connectivity index (χ1n) is 5.38. The normalized spacial score (nSPS) is 11.5. The van der Waals surface area contributed by atoms with Gasteiger partial charge in [0.2, 0.25) is 5.91 Å². The van der Waals surface area contributed by atoms with Gasteiger partial charge in [0.1, 0.15) is 5.75 Å². The third kappa shape index (κ3) is 6.53. The van der Waals surface area contributed by atoms with Crippen molar-refractivity contribution in [2.45, 2.75) is 6.92 Å². The number of carbonyl (C=O) groups is 2. The zero-order valence-corrected chi connectivity index (χ0v) is 11.0. The molecule has 1 aromatic rings. The topological polar surface area (TPSA) is 105 Å². The molecule has 1 atom stereocenters. The number of anilines is 1. The molecule has 3 N–H and O–H groups in total. The summed E-state index contributed by atoms with van der Waals surface area (Å²) in [5.74, 6) is 0.0523. The lowest BCUT2D eigenvalue weighted by molar-refractivity contribution is -0.114. The lowest BCUT2D eigenvalue weighted by Crippen LogP contribution is -2.30. The molecule has 0 aromatic heterocycles. The van der Waals surface area contributed by atoms with Crippen molar-refractivity contribution >= 4 is 28.8 Å². The second-order valence-electron chi connectivity index (χ2n) is 3.55. The lowest BCUT2D eigenvalue weighted by Gasteiger charge is -2.06. The van der Waals surface area contributed by atoms with Crippen molar-refractivity contribution in [3.05, 3.63) is 24.3 Å². The minimum atomic E-state index is -1.95. The molecular weight excluding hydrogens is 272 g/mol. The van der Waals surface area contributed by atoms with Gasteiger partial charge in [0.15, 0.2) is 11.1 Å². The van der Waals surface area contributed by atoms with Gasteiger partial charge in [-0.15, -0.1) is 0 Å². The highest BCUT2D eigenvalue weighted by molar-refractivity contribution is 7.79. The van der Waals surface area contributed by atoms with Crippen LogP contribution in [0, 0.1) is 0 Å². The monoisotopic (exact) mass is 286 g/mol. The van der Waals surface area contributed by atoms with E-state index in [9.17, 15) is 13.8 Å². The number of nitrogens with one attached hydrogen (secondary N) is 2. The number of hydrogen-bond donors (Lipinski definition) is 3. The molecule has 0 saturated heterocycles. The van der Waals surface area contributed by atoms with Crippen molar-refractivity contribution < 1.29 is 23.1 Å². The van der Waals surface area contributed by atoms with Crippen LogP contribution in [-0.2, 0) is 15.9 Å². The Bertz CT molecular complexity index is 474. The highest BCUT2D eigenvalue weighted by Gasteiger charge is 2.04. The predicted molar refractivity (Wildman–Crippen MR) is 70.4 cm³/mol. The van der Waals surface area contributed by atoms with Crippen molar-refractivity contribution in [2.24, 2.45) is 0 Å². The molecule has 0 aliphatic heterocycles. The van der Waals surface area contributed by atoms with E-state index in [4.69, 9.17) is 9.29 Å². The first-order chi connectivity index (χ1) is 8.97. The fourth-order valence-corrected chi connectivity index (χ4v) is 1.47. The molecule has 0 aliphatic carbocycles. The summed E-state index contributed by atoms with van der Waals surface area (Å²) < 4.78 is 23.8. The molecule has 0 bridgehead atoms. The van der Waals surface area contributed by atoms with Gasteiger partial charge in [0.25, 0.3) is 0 Å². The second-order valence-corrected chi connectivity index (χ2v) is 4.60. The van der Waals surface area contributed by atoms with Crippen LogP contribution in [0.25, 0.3) is 0 Å². The maximum atomic E-state index is 11.3. The number of benzene rings is 1. The van der Waals surface area contributed by atoms with E-state index in [0.29, 0.717) is 11.4 Å². The third-order valence-electron chi connectivity index (χ3n) is 1.93. The Morgan fingerprint density at radius 1 is 1.32 bits per heavy atom. The molecule has 1 aromatic carbocycles. The summed E-state index contributed by atoms with van der Waals surface area (Å²) in [6.07, 6.45) is -0.710. The van der Waals surface area contributed by atoms with Crippen molar-refractivity contribution in [1.82, 2.24) is 5.32 Å². The van der Waals surface area contributed by atoms with Gasteiger partial charge in [-0.05, 0) is 24.3 Å². The molecule has 0 heterocycles. The van der Waals surface area contributed by atoms with Gasteiger partial charge in [-0.3, -0.25) is 4.79 Å². The highest BCUT2D eigenvalue weighted by Crippen LogP contribution is 2.15. The van der Waals surface area contributed by atoms with Gasteiger partial charge in [-0.25, -0.2) is 9.00 Å². The van der Waals surface area contributed by atoms with E-state index in [1.165, 1.54) is 19.1 Å². The van der Waals surface area contributed by atoms with Crippen LogP contribution in [0.1, 0.15) is 6.92 Å². The van der Waals surface area contributed by atoms with Crippen molar-refractivity contribution in [2.75, 3.05) is 17.6 Å². The van der Waals surface area contributed by atoms with Crippen LogP contribution in [0.3, 0.4) is 0 Å². The molecule has 7 nitrogen and oxygen atoms in total. The maximum absolute atomic E-state index is 11.3. The Labute approximate surface area is 112 Å². The first-order valence-corrected chi connectivity index (χ1v) is 6.66. The molecule has 1 unspecified atom stereocenters. The average molecular weight is 286 g/mol. The van der Waals surface area contributed by atoms with Gasteiger partial charge in [0, 0.05) is 19.2 Å². The van der Waals surface area contributed by atoms with Crippen LogP contribution < -0.4 is 15.4 Å². The van der Waals surface area contributed by atoms with Crippen LogP contribution in [0.5, 0.6) is 5.75 Å². The Hall–Kier alpha value is -1.93. The molecule has 0 aliphatic rings. The summed E-state index contributed by atoms with van der Waals surface area (Å²) in [6.45, 7) is 1.44. The fourth-order valence-electron chi connectivity index (χ4n) is 1.19. The van der Waals surface area contributed by atoms with E-state index in [1.54, 1.807) is 12.1 Å². The van der Waals surface area contributed by atoms with Crippen molar-refractivity contribution in [3.8, 4) is 5.75 Å². The quantitative estimate of drug-likeness (QED) is 0.699. The molecular formula is C11H14N2O5S. The van der Waals surface area contributed by atoms with Gasteiger partial charge < -0.3 is 19.9 Å². The summed E-state index contributed by atoms with van der Waals surface area (Å²) >= 11 is -1.95. The fraction of sp³-hybridized carbons (Fsp3) is 0.273. The summed E-state index contributed by atoms with van der Waals surface area (Å²) in [5, 5.41) is 4.90. The second kappa shape index (κ2) is 7.49. The smallest absolute Gasteiger partial charge is 0.410 e. The summed E-state index contributed by atoms with van der Waals surface area (Å²) in [7, 11) is 0. The van der Waals surface area contributed by atoms with Crippen molar-refractivity contribution in [1.29, 1.82) is 0 Å². The maximum Gasteiger partial charge on any atom is 0.412 e. The minimum Gasteiger partial charge on any atom is -0.410 e. The van der Waals surface area contributed by atoms with E-state index in [1.807, 2.05) is 0 Å². The molecule has 1 rings (SSSR count). The summed E-state index contributed by atoms with van der Waals surface area (Å²) in [4.78, 5) is 22.1. The SMILES string of the molecule is CC(=O)Nc1ccc(OC(=O)NCCS(=O)O)cc1. The Kier molecular flexibility index (Phi) is 5.97. The first kappa shape index (κ1) is 15.1. The van der Waals surface area contributed by atoms with Crippen LogP contribution in [0.2, 0.25) is 0 Å². The van der Waals surface area contributed by atoms with Crippen LogP contribution in [0.15, 0.2) is 24.3 Å². The molecule has 2 amide bonds. The van der Waals surface area contributed by atoms with Gasteiger partial charge >= 0.3 is 6.09 Å². The molecule has 0 spiro atoms. The number of ether oxygens (including phenoxy) is 1. The summed E-state index contributed by atoms with van der Waals surface area (Å²) in [5.41, 5.74) is 0.593. The van der Waals surface area contributed by atoms with Crippen LogP contribution in [0.4, 0.5) is 10.5 Å². The third-order valence-corrected chi connectivity index (χ3v) is 2.48. The standard InChI is InChI=1S/C11H14N2O5S/c1-8(14)13-9-2-4-10(5-3-9)18-11(15)12-6-7-19(16)17/h2-5H,6-7H2,1H3,(H,12,15)(H,13,14)(H,16,17). The van der Waals surface area contributed by atoms with Crippen LogP contribution >= 0.6 is 0 Å². The van der Waals surface area contributed by atoms with Crippen molar-refractivity contribution in [3.63, 3.8) is 0 Å². The lowest BCUT2D eigenvalue weighted by atomic mass is 10.3. The van der Waals surface area contributed by atoms with E-state index >= 15 is 0 Å².